The van der Waals surface area contributed by atoms with Crippen molar-refractivity contribution in [2.24, 2.45) is 0 Å². The summed E-state index contributed by atoms with van der Waals surface area (Å²) in [6.45, 7) is 5.01. The summed E-state index contributed by atoms with van der Waals surface area (Å²) in [7, 11) is 0. The van der Waals surface area contributed by atoms with Crippen LogP contribution in [0.15, 0.2) is 54.9 Å². The van der Waals surface area contributed by atoms with E-state index in [0.29, 0.717) is 13.1 Å². The zero-order valence-corrected chi connectivity index (χ0v) is 16.7. The van der Waals surface area contributed by atoms with Crippen LogP contribution in [0.5, 0.6) is 0 Å². The summed E-state index contributed by atoms with van der Waals surface area (Å²) in [5.41, 5.74) is 2.24. The third kappa shape index (κ3) is 4.49. The molecule has 156 valence electrons. The highest BCUT2D eigenvalue weighted by molar-refractivity contribution is 5.92. The fourth-order valence-electron chi connectivity index (χ4n) is 3.53. The zero-order valence-electron chi connectivity index (χ0n) is 16.7. The number of piperazine rings is 1. The third-order valence-corrected chi connectivity index (χ3v) is 5.16. The molecule has 0 bridgehead atoms. The Morgan fingerprint density at radius 1 is 1.07 bits per heavy atom. The van der Waals surface area contributed by atoms with Gasteiger partial charge in [0.05, 0.1) is 12.2 Å². The summed E-state index contributed by atoms with van der Waals surface area (Å²) in [6.07, 6.45) is 3.73. The molecule has 8 heteroatoms. The van der Waals surface area contributed by atoms with E-state index in [-0.39, 0.29) is 18.1 Å². The number of imidazole rings is 1. The maximum absolute atomic E-state index is 13.7. The molecular formula is C22H23F2N5O. The van der Waals surface area contributed by atoms with E-state index in [1.54, 1.807) is 6.20 Å². The first kappa shape index (κ1) is 20.0. The molecule has 6 nitrogen and oxygen atoms in total. The topological polar surface area (TPSA) is 53.4 Å². The van der Waals surface area contributed by atoms with E-state index in [9.17, 15) is 13.6 Å². The number of aryl methyl sites for hydroxylation is 1. The second kappa shape index (κ2) is 8.62. The lowest BCUT2D eigenvalue weighted by Crippen LogP contribution is -2.49. The highest BCUT2D eigenvalue weighted by Crippen LogP contribution is 2.20. The van der Waals surface area contributed by atoms with Gasteiger partial charge in [0.2, 0.25) is 11.9 Å². The van der Waals surface area contributed by atoms with Crippen molar-refractivity contribution in [3.63, 3.8) is 0 Å². The Hall–Kier alpha value is -3.26. The van der Waals surface area contributed by atoms with Crippen LogP contribution >= 0.6 is 0 Å². The van der Waals surface area contributed by atoms with Crippen molar-refractivity contribution in [1.29, 1.82) is 0 Å². The van der Waals surface area contributed by atoms with Gasteiger partial charge < -0.3 is 10.2 Å². The molecule has 1 fully saturated rings. The molecule has 1 amide bonds. The third-order valence-electron chi connectivity index (χ3n) is 5.16. The molecule has 4 rings (SSSR count). The summed E-state index contributed by atoms with van der Waals surface area (Å²) >= 11 is 0. The predicted octanol–water partition coefficient (Wildman–Crippen LogP) is 3.22. The number of halogens is 2. The lowest BCUT2D eigenvalue weighted by molar-refractivity contribution is -0.117. The largest absolute Gasteiger partial charge is 0.339 e. The van der Waals surface area contributed by atoms with Crippen molar-refractivity contribution in [2.75, 3.05) is 42.9 Å². The van der Waals surface area contributed by atoms with Gasteiger partial charge in [0.15, 0.2) is 0 Å². The van der Waals surface area contributed by atoms with E-state index in [0.717, 1.165) is 36.9 Å². The second-order valence-electron chi connectivity index (χ2n) is 7.37. The Labute approximate surface area is 173 Å². The van der Waals surface area contributed by atoms with Crippen molar-refractivity contribution in [3.05, 3.63) is 72.1 Å². The monoisotopic (exact) mass is 411 g/mol. The predicted molar refractivity (Wildman–Crippen MR) is 112 cm³/mol. The van der Waals surface area contributed by atoms with Crippen LogP contribution in [0.2, 0.25) is 0 Å². The quantitative estimate of drug-likeness (QED) is 0.701. The van der Waals surface area contributed by atoms with Crippen LogP contribution in [0.4, 0.5) is 20.4 Å². The molecule has 1 N–H and O–H groups in total. The molecule has 1 aliphatic rings. The first-order valence-corrected chi connectivity index (χ1v) is 9.82. The van der Waals surface area contributed by atoms with Crippen LogP contribution in [-0.4, -0.2) is 53.1 Å². The van der Waals surface area contributed by atoms with Gasteiger partial charge in [0.1, 0.15) is 11.6 Å². The van der Waals surface area contributed by atoms with Crippen molar-refractivity contribution >= 4 is 17.5 Å². The Balaban J connectivity index is 1.34. The average Bonchev–Trinajstić information content (AvgIpc) is 3.21. The molecular weight excluding hydrogens is 388 g/mol. The highest BCUT2D eigenvalue weighted by Gasteiger charge is 2.22. The van der Waals surface area contributed by atoms with E-state index >= 15 is 0 Å². The Morgan fingerprint density at radius 3 is 2.50 bits per heavy atom. The van der Waals surface area contributed by atoms with Crippen LogP contribution in [0.3, 0.4) is 0 Å². The number of carbonyl (C=O) groups is 1. The molecule has 3 aromatic rings. The molecule has 0 unspecified atom stereocenters. The fraction of sp³-hybridized carbons (Fsp3) is 0.273. The Bertz CT molecular complexity index is 1030. The van der Waals surface area contributed by atoms with Gasteiger partial charge in [0, 0.05) is 50.3 Å². The number of benzene rings is 2. The second-order valence-corrected chi connectivity index (χ2v) is 7.37. The maximum Gasteiger partial charge on any atom is 0.238 e. The lowest BCUT2D eigenvalue weighted by Gasteiger charge is -2.35. The Kier molecular flexibility index (Phi) is 5.76. The summed E-state index contributed by atoms with van der Waals surface area (Å²) in [5, 5.41) is 2.51. The van der Waals surface area contributed by atoms with Crippen LogP contribution in [0.1, 0.15) is 5.56 Å². The molecule has 0 radical (unpaired) electrons. The molecule has 1 aliphatic heterocycles. The van der Waals surface area contributed by atoms with Gasteiger partial charge in [-0.25, -0.2) is 13.8 Å². The molecule has 1 aromatic heterocycles. The maximum atomic E-state index is 13.7. The number of amides is 1. The first-order valence-electron chi connectivity index (χ1n) is 9.82. The number of hydrogen-bond acceptors (Lipinski definition) is 4. The number of nitrogens with zero attached hydrogens (tertiary/aromatic N) is 4. The number of anilines is 2. The van der Waals surface area contributed by atoms with Gasteiger partial charge in [-0.1, -0.05) is 17.7 Å². The highest BCUT2D eigenvalue weighted by atomic mass is 19.1. The number of rotatable bonds is 5. The molecule has 0 saturated carbocycles. The summed E-state index contributed by atoms with van der Waals surface area (Å²) < 4.78 is 28.8. The molecule has 2 aromatic carbocycles. The zero-order chi connectivity index (χ0) is 21.1. The minimum absolute atomic E-state index is 0.0137. The number of hydrogen-bond donors (Lipinski definition) is 1. The molecule has 1 saturated heterocycles. The van der Waals surface area contributed by atoms with E-state index < -0.39 is 11.6 Å². The molecule has 2 heterocycles. The molecule has 0 spiro atoms. The normalized spacial score (nSPS) is 14.7. The minimum atomic E-state index is -0.781. The summed E-state index contributed by atoms with van der Waals surface area (Å²) in [5.74, 6) is -0.909. The molecule has 30 heavy (non-hydrogen) atoms. The van der Waals surface area contributed by atoms with Crippen LogP contribution in [0, 0.1) is 18.6 Å². The molecule has 0 aliphatic carbocycles. The van der Waals surface area contributed by atoms with E-state index in [4.69, 9.17) is 0 Å². The van der Waals surface area contributed by atoms with Gasteiger partial charge in [-0.2, -0.15) is 0 Å². The lowest BCUT2D eigenvalue weighted by atomic mass is 10.2. The minimum Gasteiger partial charge on any atom is -0.339 e. The van der Waals surface area contributed by atoms with Gasteiger partial charge >= 0.3 is 0 Å². The first-order chi connectivity index (χ1) is 14.5. The summed E-state index contributed by atoms with van der Waals surface area (Å²) in [4.78, 5) is 21.0. The number of nitrogens with one attached hydrogen (secondary N) is 1. The van der Waals surface area contributed by atoms with Gasteiger partial charge in [-0.15, -0.1) is 0 Å². The van der Waals surface area contributed by atoms with Gasteiger partial charge in [0.25, 0.3) is 0 Å². The Morgan fingerprint density at radius 2 is 1.80 bits per heavy atom. The SMILES string of the molecule is Cc1ccc(-n2ccnc2N2CCN(CC(=O)Nc3ccc(F)cc3F)CC2)cc1. The van der Waals surface area contributed by atoms with E-state index in [1.807, 2.05) is 11.1 Å². The van der Waals surface area contributed by atoms with Crippen molar-refractivity contribution in [1.82, 2.24) is 14.5 Å². The van der Waals surface area contributed by atoms with E-state index in [1.165, 1.54) is 11.6 Å². The van der Waals surface area contributed by atoms with Crippen LogP contribution < -0.4 is 10.2 Å². The van der Waals surface area contributed by atoms with Crippen molar-refractivity contribution in [2.45, 2.75) is 6.92 Å². The average molecular weight is 411 g/mol. The van der Waals surface area contributed by atoms with Crippen molar-refractivity contribution < 1.29 is 13.6 Å². The smallest absolute Gasteiger partial charge is 0.238 e. The fourth-order valence-corrected chi connectivity index (χ4v) is 3.53. The van der Waals surface area contributed by atoms with Gasteiger partial charge in [-0.3, -0.25) is 14.3 Å². The van der Waals surface area contributed by atoms with Gasteiger partial charge in [-0.05, 0) is 31.2 Å². The van der Waals surface area contributed by atoms with Crippen LogP contribution in [0.25, 0.3) is 5.69 Å². The standard InChI is InChI=1S/C22H23F2N5O/c1-16-2-5-18(6-3-16)29-9-8-25-22(29)28-12-10-27(11-13-28)15-21(30)26-20-7-4-17(23)14-19(20)24/h2-9,14H,10-13,15H2,1H3,(H,26,30). The number of aromatic nitrogens is 2. The van der Waals surface area contributed by atoms with Crippen LogP contribution in [-0.2, 0) is 4.79 Å². The summed E-state index contributed by atoms with van der Waals surface area (Å²) in [6, 6.07) is 11.4. The van der Waals surface area contributed by atoms with Crippen molar-refractivity contribution in [3.8, 4) is 5.69 Å². The van der Waals surface area contributed by atoms with E-state index in [2.05, 4.69) is 51.0 Å². The molecule has 0 atom stereocenters. The number of carbonyl (C=O) groups excluding carboxylic acids is 1.